The van der Waals surface area contributed by atoms with E-state index in [1.807, 2.05) is 50.8 Å². The molecule has 43 heavy (non-hydrogen) atoms. The normalized spacial score (nSPS) is 15.9. The zero-order valence-corrected chi connectivity index (χ0v) is 25.9. The Morgan fingerprint density at radius 1 is 0.977 bits per heavy atom. The maximum Gasteiger partial charge on any atom is 0.410 e. The molecule has 1 amide bonds. The van der Waals surface area contributed by atoms with Crippen LogP contribution in [0.15, 0.2) is 36.8 Å². The second-order valence-corrected chi connectivity index (χ2v) is 12.0. The molecule has 5 heterocycles. The highest BCUT2D eigenvalue weighted by molar-refractivity contribution is 6.00. The zero-order valence-electron chi connectivity index (χ0n) is 25.9. The van der Waals surface area contributed by atoms with Gasteiger partial charge < -0.3 is 24.2 Å². The third-order valence-corrected chi connectivity index (χ3v) is 7.63. The Morgan fingerprint density at radius 3 is 2.33 bits per heavy atom. The van der Waals surface area contributed by atoms with Crippen molar-refractivity contribution in [2.45, 2.75) is 46.1 Å². The molecule has 0 unspecified atom stereocenters. The van der Waals surface area contributed by atoms with Crippen LogP contribution in [0.2, 0.25) is 0 Å². The molecular formula is C32H40FN7O3. The Bertz CT molecular complexity index is 1610. The number of aryl methyl sites for hydroxylation is 1. The van der Waals surface area contributed by atoms with Crippen molar-refractivity contribution in [2.75, 3.05) is 58.3 Å². The van der Waals surface area contributed by atoms with Crippen LogP contribution in [-0.4, -0.2) is 94.9 Å². The number of anilines is 1. The van der Waals surface area contributed by atoms with E-state index in [1.165, 1.54) is 33.0 Å². The van der Waals surface area contributed by atoms with E-state index in [9.17, 15) is 4.79 Å². The smallest absolute Gasteiger partial charge is 0.410 e. The fourth-order valence-corrected chi connectivity index (χ4v) is 5.45. The van der Waals surface area contributed by atoms with Crippen molar-refractivity contribution in [1.82, 2.24) is 29.7 Å². The van der Waals surface area contributed by atoms with Crippen LogP contribution in [0.1, 0.15) is 39.2 Å². The van der Waals surface area contributed by atoms with E-state index in [0.717, 1.165) is 16.3 Å². The van der Waals surface area contributed by atoms with Crippen molar-refractivity contribution >= 4 is 33.6 Å². The molecule has 3 aromatic heterocycles. The molecule has 0 radical (unpaired) electrons. The molecule has 228 valence electrons. The van der Waals surface area contributed by atoms with Gasteiger partial charge >= 0.3 is 12.1 Å². The topological polar surface area (TPSA) is 96.8 Å². The maximum atomic E-state index is 16.1. The highest BCUT2D eigenvalue weighted by Gasteiger charge is 2.28. The molecule has 2 aliphatic heterocycles. The summed E-state index contributed by atoms with van der Waals surface area (Å²) in [5, 5.41) is 2.27. The Morgan fingerprint density at radius 2 is 1.70 bits per heavy atom. The van der Waals surface area contributed by atoms with Gasteiger partial charge in [-0.1, -0.05) is 18.2 Å². The second-order valence-electron chi connectivity index (χ2n) is 12.0. The lowest BCUT2D eigenvalue weighted by Crippen LogP contribution is -2.50. The highest BCUT2D eigenvalue weighted by Crippen LogP contribution is 2.35. The summed E-state index contributed by atoms with van der Waals surface area (Å²) < 4.78 is 26.9. The Hall–Kier alpha value is -4.12. The lowest BCUT2D eigenvalue weighted by Gasteiger charge is -2.36. The van der Waals surface area contributed by atoms with Crippen LogP contribution in [0, 0.1) is 12.7 Å². The Labute approximate surface area is 251 Å². The number of ether oxygens (including phenoxy) is 2. The van der Waals surface area contributed by atoms with E-state index in [1.54, 1.807) is 23.5 Å². The third kappa shape index (κ3) is 6.77. The maximum absolute atomic E-state index is 16.1. The minimum absolute atomic E-state index is 0.0559. The number of halogens is 1. The minimum Gasteiger partial charge on any atom is -0.467 e. The van der Waals surface area contributed by atoms with Crippen LogP contribution in [-0.2, 0) is 4.74 Å². The Kier molecular flexibility index (Phi) is 8.91. The van der Waals surface area contributed by atoms with Gasteiger partial charge in [0.05, 0.1) is 12.5 Å². The quantitative estimate of drug-likeness (QED) is 0.308. The van der Waals surface area contributed by atoms with Crippen molar-refractivity contribution < 1.29 is 18.7 Å². The van der Waals surface area contributed by atoms with E-state index >= 15 is 4.39 Å². The third-order valence-electron chi connectivity index (χ3n) is 7.63. The minimum atomic E-state index is -0.566. The monoisotopic (exact) mass is 589 g/mol. The molecule has 4 aromatic rings. The number of methoxy groups -OCH3 is 1. The molecule has 0 saturated carbocycles. The molecule has 2 aliphatic rings. The second kappa shape index (κ2) is 12.6. The first-order valence-corrected chi connectivity index (χ1v) is 14.7. The highest BCUT2D eigenvalue weighted by atomic mass is 19.1. The van der Waals surface area contributed by atoms with Gasteiger partial charge in [0.15, 0.2) is 5.82 Å². The lowest BCUT2D eigenvalue weighted by molar-refractivity contribution is 0.0240. The number of benzene rings is 1. The van der Waals surface area contributed by atoms with Gasteiger partial charge in [-0.3, -0.25) is 9.97 Å². The molecular weight excluding hydrogens is 549 g/mol. The lowest BCUT2D eigenvalue weighted by atomic mass is 10.00. The predicted molar refractivity (Wildman–Crippen MR) is 166 cm³/mol. The Balaban J connectivity index is 0.000000548. The molecule has 1 aromatic carbocycles. The summed E-state index contributed by atoms with van der Waals surface area (Å²) in [6.45, 7) is 12.0. The first-order valence-electron chi connectivity index (χ1n) is 14.7. The molecule has 0 spiro atoms. The molecule has 2 fully saturated rings. The van der Waals surface area contributed by atoms with E-state index in [4.69, 9.17) is 9.47 Å². The van der Waals surface area contributed by atoms with Crippen molar-refractivity contribution in [1.29, 1.82) is 0 Å². The van der Waals surface area contributed by atoms with Crippen molar-refractivity contribution in [3.63, 3.8) is 0 Å². The van der Waals surface area contributed by atoms with Gasteiger partial charge in [-0.25, -0.2) is 9.18 Å². The number of hydrogen-bond acceptors (Lipinski definition) is 9. The van der Waals surface area contributed by atoms with Crippen LogP contribution >= 0.6 is 0 Å². The number of pyridine rings is 2. The first kappa shape index (κ1) is 30.3. The molecule has 0 aliphatic carbocycles. The number of amides is 1. The average Bonchev–Trinajstić information content (AvgIpc) is 3.47. The van der Waals surface area contributed by atoms with Gasteiger partial charge in [-0.05, 0) is 71.6 Å². The van der Waals surface area contributed by atoms with Gasteiger partial charge in [0, 0.05) is 55.7 Å². The van der Waals surface area contributed by atoms with E-state index in [2.05, 4.69) is 31.9 Å². The number of fused-ring (bicyclic) bond motifs is 2. The van der Waals surface area contributed by atoms with Crippen LogP contribution in [0.3, 0.4) is 0 Å². The molecule has 11 heteroatoms. The summed E-state index contributed by atoms with van der Waals surface area (Å²) in [5.41, 5.74) is 1.32. The van der Waals surface area contributed by atoms with Crippen LogP contribution in [0.4, 0.5) is 15.0 Å². The molecule has 2 saturated heterocycles. The number of hydrogen-bond donors (Lipinski definition) is 0. The summed E-state index contributed by atoms with van der Waals surface area (Å²) in [6, 6.07) is 5.92. The molecule has 0 atom stereocenters. The zero-order chi connectivity index (χ0) is 30.7. The van der Waals surface area contributed by atoms with Gasteiger partial charge in [-0.15, -0.1) is 0 Å². The number of nitrogens with zero attached hydrogens (tertiary/aromatic N) is 7. The average molecular weight is 590 g/mol. The van der Waals surface area contributed by atoms with Gasteiger partial charge in [0.1, 0.15) is 22.6 Å². The fraction of sp³-hybridized carbons (Fsp3) is 0.469. The standard InChI is InChI=1S/C27H29FN6O3.C5H11N/c1-16-7-6-8-17-13-29-14-18(20(16)17)22-21(28)23-19(15-30-22)24(32-25(31-23)36-5)33-9-11-34(12-10-33)26(35)37-27(2,3)4;1-6-4-2-3-5-6/h6-8,13-15H,9-12H2,1-5H3;2-5H2,1H3. The predicted octanol–water partition coefficient (Wildman–Crippen LogP) is 5.47. The molecule has 0 N–H and O–H groups in total. The van der Waals surface area contributed by atoms with Crippen molar-refractivity contribution in [2.24, 2.45) is 0 Å². The summed E-state index contributed by atoms with van der Waals surface area (Å²) in [5.74, 6) is -0.0553. The van der Waals surface area contributed by atoms with Crippen LogP contribution in [0.25, 0.3) is 32.9 Å². The van der Waals surface area contributed by atoms with Gasteiger partial charge in [-0.2, -0.15) is 9.97 Å². The number of carbonyl (C=O) groups excluding carboxylic acids is 1. The molecule has 10 nitrogen and oxygen atoms in total. The molecule has 6 rings (SSSR count). The van der Waals surface area contributed by atoms with Crippen LogP contribution < -0.4 is 9.64 Å². The summed E-state index contributed by atoms with van der Waals surface area (Å²) >= 11 is 0. The number of likely N-dealkylation sites (tertiary alicyclic amines) is 1. The summed E-state index contributed by atoms with van der Waals surface area (Å²) in [4.78, 5) is 36.2. The van der Waals surface area contributed by atoms with Crippen molar-refractivity contribution in [3.8, 4) is 17.3 Å². The first-order chi connectivity index (χ1) is 20.6. The number of aromatic nitrogens is 4. The summed E-state index contributed by atoms with van der Waals surface area (Å²) in [7, 11) is 3.62. The van der Waals surface area contributed by atoms with E-state index in [-0.39, 0.29) is 23.3 Å². The summed E-state index contributed by atoms with van der Waals surface area (Å²) in [6.07, 6.45) is 7.45. The van der Waals surface area contributed by atoms with E-state index in [0.29, 0.717) is 42.9 Å². The van der Waals surface area contributed by atoms with E-state index < -0.39 is 11.4 Å². The SMILES string of the molecule is CN1CCCC1.COc1nc(N2CCN(C(=O)OC(C)(C)C)CC2)c2cnc(-c3cncc4cccc(C)c34)c(F)c2n1. The van der Waals surface area contributed by atoms with Crippen LogP contribution in [0.5, 0.6) is 6.01 Å². The van der Waals surface area contributed by atoms with Crippen molar-refractivity contribution in [3.05, 3.63) is 48.2 Å². The van der Waals surface area contributed by atoms with Gasteiger partial charge in [0.25, 0.3) is 0 Å². The number of rotatable bonds is 3. The van der Waals surface area contributed by atoms with Gasteiger partial charge in [0.2, 0.25) is 0 Å². The molecule has 0 bridgehead atoms. The fourth-order valence-electron chi connectivity index (χ4n) is 5.45. The number of carbonyl (C=O) groups is 1. The largest absolute Gasteiger partial charge is 0.467 e. The number of piperazine rings is 1.